The number of amides is 4. The Morgan fingerprint density at radius 3 is 2.21 bits per heavy atom. The lowest BCUT2D eigenvalue weighted by atomic mass is 10.1. The number of aryl methyl sites for hydroxylation is 1. The summed E-state index contributed by atoms with van der Waals surface area (Å²) in [6.45, 7) is 9.15. The Hall–Kier alpha value is -2.81. The Morgan fingerprint density at radius 1 is 0.921 bits per heavy atom. The van der Waals surface area contributed by atoms with Crippen LogP contribution in [0.4, 0.5) is 9.59 Å². The summed E-state index contributed by atoms with van der Waals surface area (Å²) >= 11 is 1.00. The Labute approximate surface area is 231 Å². The van der Waals surface area contributed by atoms with Gasteiger partial charge in [0.25, 0.3) is 11.1 Å². The van der Waals surface area contributed by atoms with Gasteiger partial charge in [0, 0.05) is 26.1 Å². The maximum atomic E-state index is 12.7. The molecular weight excluding hydrogens is 502 g/mol. The highest BCUT2D eigenvalue weighted by molar-refractivity contribution is 8.18. The molecule has 4 amide bonds. The maximum absolute atomic E-state index is 12.7. The number of nitrogens with one attached hydrogen (secondary N) is 2. The van der Waals surface area contributed by atoms with Crippen LogP contribution in [0.15, 0.2) is 29.2 Å². The molecule has 0 radical (unpaired) electrons. The lowest BCUT2D eigenvalue weighted by Gasteiger charge is -2.19. The molecule has 2 rings (SSSR count). The van der Waals surface area contributed by atoms with Crippen LogP contribution in [0.1, 0.15) is 90.2 Å². The molecule has 1 heterocycles. The Balaban J connectivity index is 1.50. The maximum Gasteiger partial charge on any atom is 0.407 e. The fourth-order valence-corrected chi connectivity index (χ4v) is 4.72. The van der Waals surface area contributed by atoms with Crippen molar-refractivity contribution in [3.63, 3.8) is 0 Å². The summed E-state index contributed by atoms with van der Waals surface area (Å²) in [4.78, 5) is 50.3. The van der Waals surface area contributed by atoms with Gasteiger partial charge in [0.15, 0.2) is 0 Å². The van der Waals surface area contributed by atoms with Crippen molar-refractivity contribution in [3.8, 4) is 0 Å². The van der Waals surface area contributed by atoms with Gasteiger partial charge in [-0.25, -0.2) is 4.79 Å². The molecule has 0 saturated carbocycles. The second kappa shape index (κ2) is 16.2. The van der Waals surface area contributed by atoms with Crippen LogP contribution in [-0.2, 0) is 20.7 Å². The molecule has 1 aromatic carbocycles. The van der Waals surface area contributed by atoms with Crippen molar-refractivity contribution in [3.05, 3.63) is 40.3 Å². The molecule has 1 aliphatic heterocycles. The van der Waals surface area contributed by atoms with Crippen LogP contribution < -0.4 is 10.6 Å². The molecule has 0 aromatic heterocycles. The number of unbranched alkanes of at least 4 members (excludes halogenated alkanes) is 5. The molecule has 9 heteroatoms. The van der Waals surface area contributed by atoms with Gasteiger partial charge in [-0.05, 0) is 81.8 Å². The van der Waals surface area contributed by atoms with E-state index in [1.807, 2.05) is 45.0 Å². The Bertz CT molecular complexity index is 969. The van der Waals surface area contributed by atoms with Crippen LogP contribution in [0.3, 0.4) is 0 Å². The van der Waals surface area contributed by atoms with Crippen molar-refractivity contribution < 1.29 is 23.9 Å². The molecule has 8 nitrogen and oxygen atoms in total. The second-order valence-corrected chi connectivity index (χ2v) is 11.4. The van der Waals surface area contributed by atoms with Crippen LogP contribution in [0.5, 0.6) is 0 Å². The van der Waals surface area contributed by atoms with E-state index in [0.717, 1.165) is 68.7 Å². The fraction of sp³-hybridized carbons (Fsp3) is 0.586. The van der Waals surface area contributed by atoms with Gasteiger partial charge in [0.2, 0.25) is 5.91 Å². The van der Waals surface area contributed by atoms with Gasteiger partial charge in [-0.15, -0.1) is 0 Å². The van der Waals surface area contributed by atoms with Gasteiger partial charge < -0.3 is 15.4 Å². The van der Waals surface area contributed by atoms with Crippen molar-refractivity contribution in [2.24, 2.45) is 0 Å². The average Bonchev–Trinajstić information content (AvgIpc) is 3.12. The lowest BCUT2D eigenvalue weighted by molar-refractivity contribution is -0.123. The number of imide groups is 1. The molecule has 0 bridgehead atoms. The van der Waals surface area contributed by atoms with Gasteiger partial charge in [-0.1, -0.05) is 50.5 Å². The molecule has 0 atom stereocenters. The highest BCUT2D eigenvalue weighted by atomic mass is 32.2. The van der Waals surface area contributed by atoms with Crippen LogP contribution in [-0.4, -0.2) is 53.3 Å². The lowest BCUT2D eigenvalue weighted by Crippen LogP contribution is -2.33. The van der Waals surface area contributed by atoms with Gasteiger partial charge in [0.1, 0.15) is 5.60 Å². The number of carbonyl (C=O) groups excluding carboxylic acids is 4. The van der Waals surface area contributed by atoms with Crippen molar-refractivity contribution >= 4 is 41.0 Å². The normalized spacial score (nSPS) is 14.7. The van der Waals surface area contributed by atoms with E-state index in [0.29, 0.717) is 31.0 Å². The summed E-state index contributed by atoms with van der Waals surface area (Å²) in [5.41, 5.74) is 1.65. The summed E-state index contributed by atoms with van der Waals surface area (Å²) in [5, 5.41) is 5.45. The highest BCUT2D eigenvalue weighted by Gasteiger charge is 2.34. The molecule has 1 aromatic rings. The molecule has 210 valence electrons. The van der Waals surface area contributed by atoms with E-state index < -0.39 is 11.7 Å². The van der Waals surface area contributed by atoms with Crippen molar-refractivity contribution in [1.29, 1.82) is 0 Å². The summed E-state index contributed by atoms with van der Waals surface area (Å²) in [7, 11) is 0. The number of nitrogens with zero attached hydrogens (tertiary/aromatic N) is 1. The predicted octanol–water partition coefficient (Wildman–Crippen LogP) is 6.05. The number of rotatable bonds is 15. The Morgan fingerprint density at radius 2 is 1.55 bits per heavy atom. The molecular formula is C29H43N3O5S. The van der Waals surface area contributed by atoms with E-state index in [1.165, 1.54) is 10.5 Å². The van der Waals surface area contributed by atoms with E-state index in [-0.39, 0.29) is 17.1 Å². The van der Waals surface area contributed by atoms with Gasteiger partial charge in [0.05, 0.1) is 4.91 Å². The number of carbonyl (C=O) groups is 4. The summed E-state index contributed by atoms with van der Waals surface area (Å²) in [6, 6.07) is 8.01. The second-order valence-electron chi connectivity index (χ2n) is 10.4. The van der Waals surface area contributed by atoms with Crippen molar-refractivity contribution in [1.82, 2.24) is 15.5 Å². The summed E-state index contributed by atoms with van der Waals surface area (Å²) in [6.07, 6.45) is 8.67. The largest absolute Gasteiger partial charge is 0.444 e. The third-order valence-electron chi connectivity index (χ3n) is 5.94. The highest BCUT2D eigenvalue weighted by Crippen LogP contribution is 2.32. The van der Waals surface area contributed by atoms with Crippen LogP contribution >= 0.6 is 11.8 Å². The fourth-order valence-electron chi connectivity index (χ4n) is 3.85. The molecule has 0 spiro atoms. The first kappa shape index (κ1) is 31.4. The first-order valence-corrected chi connectivity index (χ1v) is 14.5. The third-order valence-corrected chi connectivity index (χ3v) is 6.85. The molecule has 0 unspecified atom stereocenters. The molecule has 1 fully saturated rings. The van der Waals surface area contributed by atoms with Gasteiger partial charge >= 0.3 is 6.09 Å². The molecule has 2 N–H and O–H groups in total. The van der Waals surface area contributed by atoms with E-state index in [4.69, 9.17) is 4.74 Å². The topological polar surface area (TPSA) is 105 Å². The van der Waals surface area contributed by atoms with E-state index >= 15 is 0 Å². The van der Waals surface area contributed by atoms with Crippen LogP contribution in [0.2, 0.25) is 0 Å². The first-order chi connectivity index (χ1) is 18.1. The number of alkyl carbamates (subject to hydrolysis) is 1. The van der Waals surface area contributed by atoms with Gasteiger partial charge in [-0.3, -0.25) is 19.3 Å². The first-order valence-electron chi connectivity index (χ1n) is 13.7. The van der Waals surface area contributed by atoms with E-state index in [9.17, 15) is 19.2 Å². The number of benzene rings is 1. The minimum Gasteiger partial charge on any atom is -0.444 e. The number of hydrogen-bond acceptors (Lipinski definition) is 6. The summed E-state index contributed by atoms with van der Waals surface area (Å²) < 4.78 is 5.18. The molecule has 0 aliphatic carbocycles. The molecule has 1 saturated heterocycles. The van der Waals surface area contributed by atoms with E-state index in [1.54, 1.807) is 6.08 Å². The zero-order chi connectivity index (χ0) is 28.0. The summed E-state index contributed by atoms with van der Waals surface area (Å²) in [5.74, 6) is -0.175. The third kappa shape index (κ3) is 12.2. The smallest absolute Gasteiger partial charge is 0.407 e. The van der Waals surface area contributed by atoms with Crippen LogP contribution in [0.25, 0.3) is 6.08 Å². The zero-order valence-electron chi connectivity index (χ0n) is 23.3. The quantitative estimate of drug-likeness (QED) is 0.205. The van der Waals surface area contributed by atoms with E-state index in [2.05, 4.69) is 17.6 Å². The van der Waals surface area contributed by atoms with Crippen molar-refractivity contribution in [2.75, 3.05) is 19.6 Å². The molecule has 38 heavy (non-hydrogen) atoms. The standard InChI is InChI=1S/C29H43N3O5S/c1-5-22-14-16-23(17-15-22)21-24-26(34)32(28(36)38-24)20-12-7-6-10-18-30-25(33)13-9-8-11-19-31-27(35)37-29(2,3)4/h14-17,21H,5-13,18-20H2,1-4H3,(H,30,33)(H,31,35). The van der Waals surface area contributed by atoms with Gasteiger partial charge in [-0.2, -0.15) is 0 Å². The average molecular weight is 546 g/mol. The number of ether oxygens (including phenoxy) is 1. The number of hydrogen-bond donors (Lipinski definition) is 2. The monoisotopic (exact) mass is 545 g/mol. The van der Waals surface area contributed by atoms with Crippen LogP contribution in [0, 0.1) is 0 Å². The number of thioether (sulfide) groups is 1. The minimum atomic E-state index is -0.503. The minimum absolute atomic E-state index is 0.0408. The zero-order valence-corrected chi connectivity index (χ0v) is 24.1. The SMILES string of the molecule is CCc1ccc(C=C2SC(=O)N(CCCCCCNC(=O)CCCCCNC(=O)OC(C)(C)C)C2=O)cc1. The Kier molecular flexibility index (Phi) is 13.4. The van der Waals surface area contributed by atoms with Crippen molar-refractivity contribution in [2.45, 2.75) is 91.1 Å². The molecule has 1 aliphatic rings. The predicted molar refractivity (Wildman–Crippen MR) is 153 cm³/mol.